The number of rotatable bonds is 0. The molecule has 1 rings (SSSR count). The van der Waals surface area contributed by atoms with E-state index in [1.807, 2.05) is 0 Å². The van der Waals surface area contributed by atoms with E-state index in [1.165, 1.54) is 64.2 Å². The van der Waals surface area contributed by atoms with Gasteiger partial charge in [-0.2, -0.15) is 0 Å². The van der Waals surface area contributed by atoms with Crippen LogP contribution < -0.4 is 0 Å². The summed E-state index contributed by atoms with van der Waals surface area (Å²) in [6.07, 6.45) is 18.3. The van der Waals surface area contributed by atoms with Crippen LogP contribution in [0.4, 0.5) is 0 Å². The van der Waals surface area contributed by atoms with E-state index in [9.17, 15) is 0 Å². The lowest BCUT2D eigenvalue weighted by atomic mass is 9.98. The van der Waals surface area contributed by atoms with Gasteiger partial charge in [0.05, 0.1) is 0 Å². The molecule has 86 valence electrons. The molecule has 0 saturated heterocycles. The maximum atomic E-state index is 3.32. The van der Waals surface area contributed by atoms with Gasteiger partial charge in [-0.1, -0.05) is 51.9 Å². The summed E-state index contributed by atoms with van der Waals surface area (Å²) >= 11 is 0. The summed E-state index contributed by atoms with van der Waals surface area (Å²) in [7, 11) is 0. The first-order valence-electron chi connectivity index (χ1n) is 6.79. The normalized spacial score (nSPS) is 26.1. The average Bonchev–Trinajstić information content (AvgIpc) is 2.24. The van der Waals surface area contributed by atoms with Crippen molar-refractivity contribution >= 4 is 0 Å². The molecular weight excluding hydrogens is 180 g/mol. The lowest BCUT2D eigenvalue weighted by Crippen LogP contribution is -1.92. The largest absolute Gasteiger partial charge is 0.130 e. The Hall–Kier alpha value is -0.480. The van der Waals surface area contributed by atoms with Crippen molar-refractivity contribution in [2.24, 2.45) is 5.92 Å². The highest BCUT2D eigenvalue weighted by Gasteiger charge is 1.99. The summed E-state index contributed by atoms with van der Waals surface area (Å²) in [6.45, 7) is 2.37. The van der Waals surface area contributed by atoms with E-state index >= 15 is 0 Å². The quantitative estimate of drug-likeness (QED) is 0.475. The molecule has 0 heterocycles. The Balaban J connectivity index is 2.29. The van der Waals surface area contributed by atoms with E-state index in [0.29, 0.717) is 0 Å². The number of hydrogen-bond donors (Lipinski definition) is 0. The van der Waals surface area contributed by atoms with Gasteiger partial charge < -0.3 is 0 Å². The fourth-order valence-electron chi connectivity index (χ4n) is 2.18. The monoisotopic (exact) mass is 206 g/mol. The predicted molar refractivity (Wildman–Crippen MR) is 68.0 cm³/mol. The molecule has 0 spiro atoms. The topological polar surface area (TPSA) is 0 Å². The molecule has 0 aromatic carbocycles. The minimum absolute atomic E-state index is 0.855. The molecular formula is C15H26. The van der Waals surface area contributed by atoms with E-state index in [-0.39, 0.29) is 0 Å². The van der Waals surface area contributed by atoms with Crippen LogP contribution in [0, 0.1) is 5.92 Å². The van der Waals surface area contributed by atoms with Crippen molar-refractivity contribution in [1.82, 2.24) is 0 Å². The maximum Gasteiger partial charge on any atom is -0.0249 e. The minimum Gasteiger partial charge on any atom is -0.130 e. The van der Waals surface area contributed by atoms with Crippen molar-refractivity contribution in [3.63, 3.8) is 0 Å². The summed E-state index contributed by atoms with van der Waals surface area (Å²) in [5.41, 5.74) is 3.32. The summed E-state index contributed by atoms with van der Waals surface area (Å²) in [5.74, 6) is 0.855. The van der Waals surface area contributed by atoms with Crippen LogP contribution in [0.1, 0.15) is 71.1 Å². The fourth-order valence-corrected chi connectivity index (χ4v) is 2.18. The number of allylic oxidation sites excluding steroid dienone is 1. The summed E-state index contributed by atoms with van der Waals surface area (Å²) in [6, 6.07) is 0. The molecule has 0 fully saturated rings. The standard InChI is InChI=1S/C15H26/c1-15-13-11-9-7-5-3-2-4-6-8-10-12-14-15/h7,11,15H,2-6,8,10,12-14H2,1H3. The van der Waals surface area contributed by atoms with Crippen LogP contribution in [-0.4, -0.2) is 0 Å². The average molecular weight is 206 g/mol. The third kappa shape index (κ3) is 7.45. The van der Waals surface area contributed by atoms with Gasteiger partial charge in [-0.3, -0.25) is 0 Å². The molecule has 0 saturated carbocycles. The van der Waals surface area contributed by atoms with Gasteiger partial charge in [-0.05, 0) is 37.3 Å². The Morgan fingerprint density at radius 2 is 1.53 bits per heavy atom. The lowest BCUT2D eigenvalue weighted by molar-refractivity contribution is 0.484. The van der Waals surface area contributed by atoms with Crippen LogP contribution in [-0.2, 0) is 0 Å². The first-order chi connectivity index (χ1) is 7.39. The Kier molecular flexibility index (Phi) is 7.38. The zero-order valence-electron chi connectivity index (χ0n) is 10.3. The Bertz CT molecular complexity index is 196. The highest BCUT2D eigenvalue weighted by atomic mass is 14.1. The second kappa shape index (κ2) is 8.80. The smallest absolute Gasteiger partial charge is 0.0249 e. The first-order valence-corrected chi connectivity index (χ1v) is 6.79. The summed E-state index contributed by atoms with van der Waals surface area (Å²) in [4.78, 5) is 0. The highest BCUT2D eigenvalue weighted by molar-refractivity contribution is 4.85. The highest BCUT2D eigenvalue weighted by Crippen LogP contribution is 2.16. The summed E-state index contributed by atoms with van der Waals surface area (Å²) < 4.78 is 0. The molecule has 1 aliphatic carbocycles. The van der Waals surface area contributed by atoms with Crippen molar-refractivity contribution in [2.75, 3.05) is 0 Å². The molecule has 0 amide bonds. The predicted octanol–water partition coefficient (Wildman–Crippen LogP) is 5.25. The van der Waals surface area contributed by atoms with Crippen LogP contribution in [0.15, 0.2) is 17.9 Å². The van der Waals surface area contributed by atoms with E-state index in [4.69, 9.17) is 0 Å². The SMILES string of the molecule is CC1CC=C=CCCCCCCCCC1. The summed E-state index contributed by atoms with van der Waals surface area (Å²) in [5, 5.41) is 0. The van der Waals surface area contributed by atoms with Crippen LogP contribution in [0.3, 0.4) is 0 Å². The molecule has 0 N–H and O–H groups in total. The molecule has 0 aromatic rings. The molecule has 0 nitrogen and oxygen atoms in total. The Morgan fingerprint density at radius 3 is 2.33 bits per heavy atom. The van der Waals surface area contributed by atoms with Gasteiger partial charge in [0.1, 0.15) is 0 Å². The van der Waals surface area contributed by atoms with E-state index in [2.05, 4.69) is 24.8 Å². The zero-order valence-corrected chi connectivity index (χ0v) is 10.3. The third-order valence-electron chi connectivity index (χ3n) is 3.30. The van der Waals surface area contributed by atoms with Gasteiger partial charge in [0.25, 0.3) is 0 Å². The van der Waals surface area contributed by atoms with Gasteiger partial charge in [0, 0.05) is 0 Å². The van der Waals surface area contributed by atoms with E-state index in [1.54, 1.807) is 0 Å². The molecule has 0 heteroatoms. The molecule has 1 atom stereocenters. The van der Waals surface area contributed by atoms with Crippen molar-refractivity contribution in [1.29, 1.82) is 0 Å². The van der Waals surface area contributed by atoms with Crippen molar-refractivity contribution in [2.45, 2.75) is 71.1 Å². The molecule has 0 aromatic heterocycles. The maximum absolute atomic E-state index is 3.32. The van der Waals surface area contributed by atoms with E-state index in [0.717, 1.165) is 5.92 Å². The van der Waals surface area contributed by atoms with Gasteiger partial charge >= 0.3 is 0 Å². The third-order valence-corrected chi connectivity index (χ3v) is 3.30. The van der Waals surface area contributed by atoms with Gasteiger partial charge in [0.2, 0.25) is 0 Å². The zero-order chi connectivity index (χ0) is 10.8. The molecule has 0 bridgehead atoms. The molecule has 15 heavy (non-hydrogen) atoms. The Morgan fingerprint density at radius 1 is 0.867 bits per heavy atom. The van der Waals surface area contributed by atoms with Crippen molar-refractivity contribution < 1.29 is 0 Å². The van der Waals surface area contributed by atoms with E-state index < -0.39 is 0 Å². The van der Waals surface area contributed by atoms with Crippen LogP contribution in [0.5, 0.6) is 0 Å². The minimum atomic E-state index is 0.855. The molecule has 0 aliphatic heterocycles. The van der Waals surface area contributed by atoms with Crippen LogP contribution >= 0.6 is 0 Å². The van der Waals surface area contributed by atoms with Crippen molar-refractivity contribution in [3.8, 4) is 0 Å². The molecule has 1 aliphatic rings. The Labute approximate surface area is 95.5 Å². The fraction of sp³-hybridized carbons (Fsp3) is 0.800. The second-order valence-electron chi connectivity index (χ2n) is 4.97. The van der Waals surface area contributed by atoms with Crippen LogP contribution in [0.2, 0.25) is 0 Å². The van der Waals surface area contributed by atoms with Gasteiger partial charge in [-0.15, -0.1) is 5.73 Å². The number of hydrogen-bond acceptors (Lipinski definition) is 0. The molecule has 0 radical (unpaired) electrons. The van der Waals surface area contributed by atoms with Gasteiger partial charge in [-0.25, -0.2) is 0 Å². The second-order valence-corrected chi connectivity index (χ2v) is 4.97. The molecule has 1 unspecified atom stereocenters. The van der Waals surface area contributed by atoms with Crippen LogP contribution in [0.25, 0.3) is 0 Å². The lowest BCUT2D eigenvalue weighted by Gasteiger charge is -2.08. The first kappa shape index (κ1) is 12.6. The van der Waals surface area contributed by atoms with Crippen molar-refractivity contribution in [3.05, 3.63) is 17.9 Å². The van der Waals surface area contributed by atoms with Gasteiger partial charge in [0.15, 0.2) is 0 Å².